The number of nitro benzene ring substituents is 1. The summed E-state index contributed by atoms with van der Waals surface area (Å²) in [6, 6.07) is 11.1. The lowest BCUT2D eigenvalue weighted by Gasteiger charge is -2.08. The van der Waals surface area contributed by atoms with Gasteiger partial charge in [-0.25, -0.2) is 0 Å². The topological polar surface area (TPSA) is 81.5 Å². The summed E-state index contributed by atoms with van der Waals surface area (Å²) in [4.78, 5) is 22.8. The number of nitrogens with zero attached hydrogens (tertiary/aromatic N) is 1. The molecule has 0 atom stereocenters. The third-order valence-electron chi connectivity index (χ3n) is 2.81. The molecule has 1 N–H and O–H groups in total. The van der Waals surface area contributed by atoms with Crippen molar-refractivity contribution in [2.75, 3.05) is 11.9 Å². The van der Waals surface area contributed by atoms with Gasteiger partial charge in [0.15, 0.2) is 0 Å². The van der Waals surface area contributed by atoms with Crippen molar-refractivity contribution in [3.05, 3.63) is 62.6 Å². The highest BCUT2D eigenvalue weighted by atomic mass is 79.9. The number of hydrogen-bond donors (Lipinski definition) is 1. The predicted molar refractivity (Wildman–Crippen MR) is 86.4 cm³/mol. The highest BCUT2D eigenvalue weighted by Crippen LogP contribution is 2.29. The molecule has 2 rings (SSSR count). The SMILES string of the molecule is CCOc1ccc(NC(=O)c2cccc(Br)c2)c([N+](=O)[O-])c1. The number of amides is 1. The molecule has 0 aliphatic carbocycles. The smallest absolute Gasteiger partial charge is 0.296 e. The van der Waals surface area contributed by atoms with Crippen molar-refractivity contribution in [1.82, 2.24) is 0 Å². The van der Waals surface area contributed by atoms with E-state index in [-0.39, 0.29) is 11.4 Å². The van der Waals surface area contributed by atoms with Crippen molar-refractivity contribution in [1.29, 1.82) is 0 Å². The Labute approximate surface area is 135 Å². The number of benzene rings is 2. The van der Waals surface area contributed by atoms with Crippen molar-refractivity contribution >= 4 is 33.2 Å². The lowest BCUT2D eigenvalue weighted by Crippen LogP contribution is -2.13. The molecule has 0 heterocycles. The van der Waals surface area contributed by atoms with E-state index in [1.807, 2.05) is 0 Å². The summed E-state index contributed by atoms with van der Waals surface area (Å²) < 4.78 is 5.98. The standard InChI is InChI=1S/C15H13BrN2O4/c1-2-22-12-6-7-13(14(9-12)18(20)21)17-15(19)10-4-3-5-11(16)8-10/h3-9H,2H2,1H3,(H,17,19). The third-order valence-corrected chi connectivity index (χ3v) is 3.31. The molecule has 7 heteroatoms. The Morgan fingerprint density at radius 3 is 2.73 bits per heavy atom. The summed E-state index contributed by atoms with van der Waals surface area (Å²) in [7, 11) is 0. The summed E-state index contributed by atoms with van der Waals surface area (Å²) in [6.07, 6.45) is 0. The Morgan fingerprint density at radius 2 is 2.09 bits per heavy atom. The normalized spacial score (nSPS) is 10.1. The van der Waals surface area contributed by atoms with Crippen molar-refractivity contribution < 1.29 is 14.5 Å². The van der Waals surface area contributed by atoms with Crippen LogP contribution in [0.4, 0.5) is 11.4 Å². The number of nitro groups is 1. The van der Waals surface area contributed by atoms with Gasteiger partial charge in [-0.05, 0) is 37.3 Å². The third kappa shape index (κ3) is 3.82. The highest BCUT2D eigenvalue weighted by Gasteiger charge is 2.18. The summed E-state index contributed by atoms with van der Waals surface area (Å²) in [5.41, 5.74) is 0.310. The van der Waals surface area contributed by atoms with Gasteiger partial charge in [-0.2, -0.15) is 0 Å². The first-order chi connectivity index (χ1) is 10.5. The maximum Gasteiger partial charge on any atom is 0.296 e. The quantitative estimate of drug-likeness (QED) is 0.641. The van der Waals surface area contributed by atoms with E-state index in [0.29, 0.717) is 17.9 Å². The fourth-order valence-electron chi connectivity index (χ4n) is 1.85. The van der Waals surface area contributed by atoms with Crippen molar-refractivity contribution in [2.45, 2.75) is 6.92 Å². The monoisotopic (exact) mass is 364 g/mol. The van der Waals surface area contributed by atoms with E-state index in [0.717, 1.165) is 4.47 Å². The Morgan fingerprint density at radius 1 is 1.32 bits per heavy atom. The van der Waals surface area contributed by atoms with E-state index < -0.39 is 10.8 Å². The molecule has 1 amide bonds. The second-order valence-corrected chi connectivity index (χ2v) is 5.25. The zero-order chi connectivity index (χ0) is 16.1. The molecule has 0 unspecified atom stereocenters. The Bertz CT molecular complexity index is 718. The molecule has 0 saturated heterocycles. The Kier molecular flexibility index (Phi) is 5.11. The summed E-state index contributed by atoms with van der Waals surface area (Å²) in [5.74, 6) is -0.0387. The molecule has 0 aromatic heterocycles. The molecule has 0 fully saturated rings. The minimum Gasteiger partial charge on any atom is -0.494 e. The molecule has 2 aromatic carbocycles. The zero-order valence-electron chi connectivity index (χ0n) is 11.7. The minimum atomic E-state index is -0.557. The maximum absolute atomic E-state index is 12.2. The van der Waals surface area contributed by atoms with Crippen LogP contribution in [0.5, 0.6) is 5.75 Å². The first kappa shape index (κ1) is 16.0. The van der Waals surface area contributed by atoms with Gasteiger partial charge < -0.3 is 10.1 Å². The van der Waals surface area contributed by atoms with Gasteiger partial charge in [0.25, 0.3) is 11.6 Å². The summed E-state index contributed by atoms with van der Waals surface area (Å²) >= 11 is 3.28. The lowest BCUT2D eigenvalue weighted by atomic mass is 10.2. The van der Waals surface area contributed by atoms with Crippen LogP contribution >= 0.6 is 15.9 Å². The number of hydrogen-bond acceptors (Lipinski definition) is 4. The molecule has 0 aliphatic heterocycles. The number of halogens is 1. The molecule has 0 aliphatic rings. The lowest BCUT2D eigenvalue weighted by molar-refractivity contribution is -0.384. The van der Waals surface area contributed by atoms with Crippen LogP contribution in [0.15, 0.2) is 46.9 Å². The molecular weight excluding hydrogens is 352 g/mol. The minimum absolute atomic E-state index is 0.124. The van der Waals surface area contributed by atoms with Gasteiger partial charge in [0.2, 0.25) is 0 Å². The van der Waals surface area contributed by atoms with Gasteiger partial charge in [0.1, 0.15) is 11.4 Å². The number of carbonyl (C=O) groups excluding carboxylic acids is 1. The summed E-state index contributed by atoms with van der Waals surface area (Å²) in [6.45, 7) is 2.19. The molecule has 0 radical (unpaired) electrons. The van der Waals surface area contributed by atoms with Crippen molar-refractivity contribution in [3.8, 4) is 5.75 Å². The molecule has 114 valence electrons. The summed E-state index contributed by atoms with van der Waals surface area (Å²) in [5, 5.41) is 13.7. The molecule has 0 bridgehead atoms. The van der Waals surface area contributed by atoms with Crippen LogP contribution in [0.1, 0.15) is 17.3 Å². The van der Waals surface area contributed by atoms with Gasteiger partial charge in [-0.1, -0.05) is 22.0 Å². The Balaban J connectivity index is 2.28. The van der Waals surface area contributed by atoms with E-state index in [9.17, 15) is 14.9 Å². The highest BCUT2D eigenvalue weighted by molar-refractivity contribution is 9.10. The van der Waals surface area contributed by atoms with Gasteiger partial charge in [-0.15, -0.1) is 0 Å². The number of anilines is 1. The first-order valence-corrected chi connectivity index (χ1v) is 7.28. The van der Waals surface area contributed by atoms with E-state index >= 15 is 0 Å². The molecule has 0 spiro atoms. The second kappa shape index (κ2) is 7.04. The van der Waals surface area contributed by atoms with E-state index in [2.05, 4.69) is 21.2 Å². The van der Waals surface area contributed by atoms with Gasteiger partial charge in [-0.3, -0.25) is 14.9 Å². The Hall–Kier alpha value is -2.41. The number of rotatable bonds is 5. The largest absolute Gasteiger partial charge is 0.494 e. The van der Waals surface area contributed by atoms with Crippen LogP contribution in [-0.4, -0.2) is 17.4 Å². The fraction of sp³-hybridized carbons (Fsp3) is 0.133. The predicted octanol–water partition coefficient (Wildman–Crippen LogP) is 4.01. The van der Waals surface area contributed by atoms with Crippen molar-refractivity contribution in [3.63, 3.8) is 0 Å². The van der Waals surface area contributed by atoms with Crippen LogP contribution in [0.25, 0.3) is 0 Å². The van der Waals surface area contributed by atoms with Gasteiger partial charge in [0.05, 0.1) is 17.6 Å². The van der Waals surface area contributed by atoms with Crippen LogP contribution < -0.4 is 10.1 Å². The number of carbonyl (C=O) groups is 1. The molecule has 6 nitrogen and oxygen atoms in total. The van der Waals surface area contributed by atoms with E-state index in [4.69, 9.17) is 4.74 Å². The molecule has 22 heavy (non-hydrogen) atoms. The number of ether oxygens (including phenoxy) is 1. The van der Waals surface area contributed by atoms with Crippen LogP contribution in [0.2, 0.25) is 0 Å². The van der Waals surface area contributed by atoms with Crippen LogP contribution in [0, 0.1) is 10.1 Å². The average molecular weight is 365 g/mol. The van der Waals surface area contributed by atoms with E-state index in [1.54, 1.807) is 37.3 Å². The van der Waals surface area contributed by atoms with Crippen molar-refractivity contribution in [2.24, 2.45) is 0 Å². The van der Waals surface area contributed by atoms with Crippen LogP contribution in [0.3, 0.4) is 0 Å². The van der Waals surface area contributed by atoms with Gasteiger partial charge in [0, 0.05) is 10.0 Å². The van der Waals surface area contributed by atoms with Gasteiger partial charge >= 0.3 is 0 Å². The molecule has 2 aromatic rings. The zero-order valence-corrected chi connectivity index (χ0v) is 13.3. The van der Waals surface area contributed by atoms with Crippen LogP contribution in [-0.2, 0) is 0 Å². The average Bonchev–Trinajstić information content (AvgIpc) is 2.48. The second-order valence-electron chi connectivity index (χ2n) is 4.33. The maximum atomic E-state index is 12.2. The molecular formula is C15H13BrN2O4. The van der Waals surface area contributed by atoms with E-state index in [1.165, 1.54) is 12.1 Å². The fourth-order valence-corrected chi connectivity index (χ4v) is 2.25. The molecule has 0 saturated carbocycles. The first-order valence-electron chi connectivity index (χ1n) is 6.49. The number of nitrogens with one attached hydrogen (secondary N) is 1.